The summed E-state index contributed by atoms with van der Waals surface area (Å²) in [6.07, 6.45) is 1.79. The summed E-state index contributed by atoms with van der Waals surface area (Å²) in [5, 5.41) is 3.07. The first-order chi connectivity index (χ1) is 5.33. The quantitative estimate of drug-likeness (QED) is 0.631. The molecule has 0 unspecified atom stereocenters. The van der Waals surface area contributed by atoms with Crippen molar-refractivity contribution in [3.63, 3.8) is 0 Å². The number of nitrogens with zero attached hydrogens (tertiary/aromatic N) is 1. The highest BCUT2D eigenvalue weighted by Crippen LogP contribution is 1.98. The van der Waals surface area contributed by atoms with E-state index in [2.05, 4.69) is 15.3 Å². The smallest absolute Gasteiger partial charge is 0.200 e. The van der Waals surface area contributed by atoms with E-state index in [1.54, 1.807) is 13.3 Å². The molecule has 1 heterocycles. The Labute approximate surface area is 66.0 Å². The lowest BCUT2D eigenvalue weighted by Gasteiger charge is -1.99. The van der Waals surface area contributed by atoms with Crippen molar-refractivity contribution in [2.45, 2.75) is 6.92 Å². The van der Waals surface area contributed by atoms with E-state index in [4.69, 9.17) is 4.74 Å². The summed E-state index contributed by atoms with van der Waals surface area (Å²) in [4.78, 5) is 7.12. The minimum absolute atomic E-state index is 0.694. The number of ether oxygens (including phenoxy) is 1. The molecule has 0 amide bonds. The number of hydrogen-bond acceptors (Lipinski definition) is 3. The summed E-state index contributed by atoms with van der Waals surface area (Å²) in [5.74, 6) is 0.805. The molecule has 62 valence electrons. The van der Waals surface area contributed by atoms with Crippen LogP contribution in [0.2, 0.25) is 0 Å². The zero-order valence-corrected chi connectivity index (χ0v) is 6.85. The summed E-state index contributed by atoms with van der Waals surface area (Å²) in [7, 11) is 1.68. The first kappa shape index (κ1) is 8.07. The van der Waals surface area contributed by atoms with Crippen LogP contribution in [0.25, 0.3) is 0 Å². The number of anilines is 1. The number of H-pyrrole nitrogens is 1. The number of aromatic nitrogens is 2. The predicted molar refractivity (Wildman–Crippen MR) is 43.7 cm³/mol. The highest BCUT2D eigenvalue weighted by molar-refractivity contribution is 5.25. The van der Waals surface area contributed by atoms with E-state index in [-0.39, 0.29) is 0 Å². The van der Waals surface area contributed by atoms with Crippen LogP contribution in [0.4, 0.5) is 5.95 Å². The Morgan fingerprint density at radius 3 is 3.09 bits per heavy atom. The molecule has 0 aromatic carbocycles. The van der Waals surface area contributed by atoms with Gasteiger partial charge in [0.15, 0.2) is 5.95 Å². The minimum atomic E-state index is 0.694. The van der Waals surface area contributed by atoms with Crippen molar-refractivity contribution in [1.82, 2.24) is 9.97 Å². The van der Waals surface area contributed by atoms with Crippen molar-refractivity contribution in [1.29, 1.82) is 0 Å². The van der Waals surface area contributed by atoms with Crippen LogP contribution in [0.1, 0.15) is 5.69 Å². The van der Waals surface area contributed by atoms with Gasteiger partial charge in [-0.05, 0) is 6.92 Å². The molecule has 1 rings (SSSR count). The van der Waals surface area contributed by atoms with E-state index < -0.39 is 0 Å². The van der Waals surface area contributed by atoms with Crippen LogP contribution in [0.5, 0.6) is 0 Å². The van der Waals surface area contributed by atoms with Gasteiger partial charge in [-0.25, -0.2) is 4.98 Å². The maximum Gasteiger partial charge on any atom is 0.200 e. The number of aromatic amines is 1. The third-order valence-electron chi connectivity index (χ3n) is 1.30. The van der Waals surface area contributed by atoms with Gasteiger partial charge in [0.1, 0.15) is 0 Å². The molecule has 0 aliphatic heterocycles. The number of imidazole rings is 1. The van der Waals surface area contributed by atoms with Gasteiger partial charge in [-0.2, -0.15) is 0 Å². The van der Waals surface area contributed by atoms with Crippen LogP contribution >= 0.6 is 0 Å². The van der Waals surface area contributed by atoms with E-state index in [1.165, 1.54) is 0 Å². The molecule has 0 spiro atoms. The molecule has 1 aromatic rings. The Morgan fingerprint density at radius 2 is 2.55 bits per heavy atom. The summed E-state index contributed by atoms with van der Waals surface area (Å²) in [6.45, 7) is 3.44. The van der Waals surface area contributed by atoms with E-state index >= 15 is 0 Å². The number of hydrogen-bond donors (Lipinski definition) is 2. The Morgan fingerprint density at radius 1 is 1.73 bits per heavy atom. The van der Waals surface area contributed by atoms with E-state index in [9.17, 15) is 0 Å². The van der Waals surface area contributed by atoms with Crippen LogP contribution in [0.15, 0.2) is 6.20 Å². The molecule has 0 bridgehead atoms. The lowest BCUT2D eigenvalue weighted by Crippen LogP contribution is -2.08. The van der Waals surface area contributed by atoms with Gasteiger partial charge in [-0.1, -0.05) is 0 Å². The fourth-order valence-electron chi connectivity index (χ4n) is 0.774. The molecule has 2 N–H and O–H groups in total. The van der Waals surface area contributed by atoms with Crippen molar-refractivity contribution in [2.24, 2.45) is 0 Å². The molecule has 0 saturated carbocycles. The van der Waals surface area contributed by atoms with Gasteiger partial charge < -0.3 is 15.0 Å². The van der Waals surface area contributed by atoms with Crippen molar-refractivity contribution >= 4 is 5.95 Å². The third kappa shape index (κ3) is 2.59. The average molecular weight is 155 g/mol. The second-order valence-electron chi connectivity index (χ2n) is 2.33. The van der Waals surface area contributed by atoms with Crippen molar-refractivity contribution in [3.8, 4) is 0 Å². The topological polar surface area (TPSA) is 49.9 Å². The first-order valence-corrected chi connectivity index (χ1v) is 3.57. The van der Waals surface area contributed by atoms with E-state index in [1.807, 2.05) is 6.92 Å². The molecule has 4 nitrogen and oxygen atoms in total. The van der Waals surface area contributed by atoms with Gasteiger partial charge >= 0.3 is 0 Å². The largest absolute Gasteiger partial charge is 0.383 e. The lowest BCUT2D eigenvalue weighted by atomic mass is 10.6. The molecule has 1 aromatic heterocycles. The fourth-order valence-corrected chi connectivity index (χ4v) is 0.774. The van der Waals surface area contributed by atoms with Crippen molar-refractivity contribution in [3.05, 3.63) is 11.9 Å². The highest BCUT2D eigenvalue weighted by atomic mass is 16.5. The fraction of sp³-hybridized carbons (Fsp3) is 0.571. The summed E-state index contributed by atoms with van der Waals surface area (Å²) in [5.41, 5.74) is 1.06. The van der Waals surface area contributed by atoms with E-state index in [0.29, 0.717) is 6.61 Å². The zero-order chi connectivity index (χ0) is 8.10. The van der Waals surface area contributed by atoms with Crippen LogP contribution < -0.4 is 5.32 Å². The van der Waals surface area contributed by atoms with Crippen molar-refractivity contribution < 1.29 is 4.74 Å². The standard InChI is InChI=1S/C7H13N3O/c1-6-5-9-7(10-6)8-3-4-11-2/h5H,3-4H2,1-2H3,(H2,8,9,10). The average Bonchev–Trinajstić information content (AvgIpc) is 2.37. The Kier molecular flexibility index (Phi) is 2.92. The number of nitrogens with one attached hydrogen (secondary N) is 2. The van der Waals surface area contributed by atoms with Gasteiger partial charge in [0.25, 0.3) is 0 Å². The van der Waals surface area contributed by atoms with Crippen LogP contribution in [0, 0.1) is 6.92 Å². The molecule has 0 saturated heterocycles. The number of rotatable bonds is 4. The molecule has 0 atom stereocenters. The molecule has 0 radical (unpaired) electrons. The van der Waals surface area contributed by atoms with Gasteiger partial charge in [0, 0.05) is 25.5 Å². The molecule has 0 aliphatic carbocycles. The summed E-state index contributed by atoms with van der Waals surface area (Å²) >= 11 is 0. The highest BCUT2D eigenvalue weighted by Gasteiger charge is 1.93. The van der Waals surface area contributed by atoms with Crippen LogP contribution in [0.3, 0.4) is 0 Å². The minimum Gasteiger partial charge on any atom is -0.383 e. The molecule has 0 fully saturated rings. The van der Waals surface area contributed by atoms with Gasteiger partial charge in [-0.15, -0.1) is 0 Å². The normalized spacial score (nSPS) is 10.0. The van der Waals surface area contributed by atoms with Gasteiger partial charge in [0.05, 0.1) is 6.61 Å². The Hall–Kier alpha value is -1.03. The Bertz CT molecular complexity index is 209. The maximum atomic E-state index is 4.87. The number of aryl methyl sites for hydroxylation is 1. The lowest BCUT2D eigenvalue weighted by molar-refractivity contribution is 0.210. The zero-order valence-electron chi connectivity index (χ0n) is 6.85. The molecule has 0 aliphatic rings. The van der Waals surface area contributed by atoms with Crippen molar-refractivity contribution in [2.75, 3.05) is 25.6 Å². The van der Waals surface area contributed by atoms with E-state index in [0.717, 1.165) is 18.2 Å². The second-order valence-corrected chi connectivity index (χ2v) is 2.33. The van der Waals surface area contributed by atoms with Crippen LogP contribution in [-0.2, 0) is 4.74 Å². The van der Waals surface area contributed by atoms with Crippen LogP contribution in [-0.4, -0.2) is 30.2 Å². The Balaban J connectivity index is 2.27. The third-order valence-corrected chi connectivity index (χ3v) is 1.30. The monoisotopic (exact) mass is 155 g/mol. The summed E-state index contributed by atoms with van der Waals surface area (Å²) in [6, 6.07) is 0. The van der Waals surface area contributed by atoms with Gasteiger partial charge in [-0.3, -0.25) is 0 Å². The maximum absolute atomic E-state index is 4.87. The molecule has 11 heavy (non-hydrogen) atoms. The predicted octanol–water partition coefficient (Wildman–Crippen LogP) is 0.776. The first-order valence-electron chi connectivity index (χ1n) is 3.57. The SMILES string of the molecule is COCCNc1ncc(C)[nH]1. The second kappa shape index (κ2) is 3.98. The molecular formula is C7H13N3O. The van der Waals surface area contributed by atoms with Gasteiger partial charge in [0.2, 0.25) is 0 Å². The summed E-state index contributed by atoms with van der Waals surface area (Å²) < 4.78 is 4.87. The number of methoxy groups -OCH3 is 1. The molecular weight excluding hydrogens is 142 g/mol. The molecule has 4 heteroatoms.